The molecule has 0 amide bonds. The van der Waals surface area contributed by atoms with E-state index in [0.717, 1.165) is 0 Å². The van der Waals surface area contributed by atoms with Gasteiger partial charge in [-0.1, -0.05) is 0 Å². The second-order valence-electron chi connectivity index (χ2n) is 6.99. The Morgan fingerprint density at radius 3 is 1.37 bits per heavy atom. The van der Waals surface area contributed by atoms with Gasteiger partial charge in [-0.25, -0.2) is 0 Å². The largest absolute Gasteiger partial charge is 0.498 e. The van der Waals surface area contributed by atoms with E-state index in [1.807, 2.05) is 40.4 Å². The second kappa shape index (κ2) is 8.57. The zero-order valence-corrected chi connectivity index (χ0v) is 20.0. The molecule has 0 aromatic rings. The van der Waals surface area contributed by atoms with Crippen molar-refractivity contribution >= 4 is 26.4 Å². The normalized spacial score (nSPS) is 47.8. The van der Waals surface area contributed by atoms with Crippen molar-refractivity contribution < 1.29 is 39.8 Å². The maximum atomic E-state index is 6.29. The van der Waals surface area contributed by atoms with Crippen LogP contribution in [0.25, 0.3) is 0 Å². The molecule has 158 valence electrons. The molecule has 0 radical (unpaired) electrons. The average molecular weight is 441 g/mol. The van der Waals surface area contributed by atoms with Crippen LogP contribution in [0.1, 0.15) is 20.8 Å². The molecule has 12 heteroatoms. The standard InChI is InChI=1S/C15H32O9Si3/c1-7-16-25(4)19-10-12(21-25)14-15(24-27(6,23-14)18-9-3)13-11-20-26(5,22-13)17-8-2/h12-15H,7-11H2,1-6H3. The predicted molar refractivity (Wildman–Crippen MR) is 101 cm³/mol. The van der Waals surface area contributed by atoms with Crippen LogP contribution in [0.3, 0.4) is 0 Å². The minimum Gasteiger partial charge on any atom is -0.374 e. The highest BCUT2D eigenvalue weighted by molar-refractivity contribution is 6.61. The quantitative estimate of drug-likeness (QED) is 0.520. The van der Waals surface area contributed by atoms with Crippen LogP contribution in [0.15, 0.2) is 0 Å². The SMILES string of the molecule is CCO[Si]1(C)OCC(C2O[Si](C)(OCC)OC2C2CO[Si](C)(OCC)O2)O1. The van der Waals surface area contributed by atoms with Crippen LogP contribution in [-0.2, 0) is 39.8 Å². The molecule has 0 aliphatic carbocycles. The van der Waals surface area contributed by atoms with Crippen LogP contribution in [0.5, 0.6) is 0 Å². The molecule has 3 aliphatic heterocycles. The maximum absolute atomic E-state index is 6.29. The Morgan fingerprint density at radius 2 is 1.00 bits per heavy atom. The summed E-state index contributed by atoms with van der Waals surface area (Å²) in [6, 6.07) is 0. The summed E-state index contributed by atoms with van der Waals surface area (Å²) in [5, 5.41) is 0. The smallest absolute Gasteiger partial charge is 0.374 e. The topological polar surface area (TPSA) is 83.1 Å². The minimum absolute atomic E-state index is 0.294. The van der Waals surface area contributed by atoms with Crippen molar-refractivity contribution in [2.24, 2.45) is 0 Å². The van der Waals surface area contributed by atoms with E-state index in [2.05, 4.69) is 0 Å². The monoisotopic (exact) mass is 440 g/mol. The first kappa shape index (κ1) is 22.0. The Labute approximate surface area is 164 Å². The van der Waals surface area contributed by atoms with E-state index in [0.29, 0.717) is 33.0 Å². The second-order valence-corrected chi connectivity index (χ2v) is 14.5. The third kappa shape index (κ3) is 4.90. The van der Waals surface area contributed by atoms with E-state index in [-0.39, 0.29) is 24.4 Å². The molecule has 3 rings (SSSR count). The lowest BCUT2D eigenvalue weighted by atomic mass is 10.0. The van der Waals surface area contributed by atoms with Gasteiger partial charge in [0.25, 0.3) is 0 Å². The van der Waals surface area contributed by atoms with Gasteiger partial charge in [0.1, 0.15) is 12.2 Å². The van der Waals surface area contributed by atoms with Crippen molar-refractivity contribution in [3.63, 3.8) is 0 Å². The molecular formula is C15H32O9Si3. The van der Waals surface area contributed by atoms with Crippen LogP contribution in [0.2, 0.25) is 19.6 Å². The molecule has 3 fully saturated rings. The van der Waals surface area contributed by atoms with Crippen LogP contribution >= 0.6 is 0 Å². The summed E-state index contributed by atoms with van der Waals surface area (Å²) in [5.74, 6) is 0. The van der Waals surface area contributed by atoms with Crippen LogP contribution in [0, 0.1) is 0 Å². The van der Waals surface area contributed by atoms with Crippen molar-refractivity contribution in [1.29, 1.82) is 0 Å². The maximum Gasteiger partial charge on any atom is 0.498 e. The Kier molecular flexibility index (Phi) is 6.98. The Bertz CT molecular complexity index is 477. The van der Waals surface area contributed by atoms with Gasteiger partial charge in [0, 0.05) is 39.5 Å². The van der Waals surface area contributed by atoms with Gasteiger partial charge in [-0.3, -0.25) is 0 Å². The molecule has 0 spiro atoms. The predicted octanol–water partition coefficient (Wildman–Crippen LogP) is 1.42. The fourth-order valence-corrected chi connectivity index (χ4v) is 9.92. The van der Waals surface area contributed by atoms with E-state index in [1.54, 1.807) is 0 Å². The first-order chi connectivity index (χ1) is 12.8. The zero-order chi connectivity index (χ0) is 19.7. The first-order valence-electron chi connectivity index (χ1n) is 9.66. The van der Waals surface area contributed by atoms with Crippen LogP contribution in [0.4, 0.5) is 0 Å². The Hall–Kier alpha value is 0.291. The van der Waals surface area contributed by atoms with Gasteiger partial charge >= 0.3 is 26.4 Å². The highest BCUT2D eigenvalue weighted by Crippen LogP contribution is 2.38. The molecule has 6 atom stereocenters. The lowest BCUT2D eigenvalue weighted by Crippen LogP contribution is -2.47. The third-order valence-electron chi connectivity index (χ3n) is 4.73. The summed E-state index contributed by atoms with van der Waals surface area (Å²) < 4.78 is 53.9. The summed E-state index contributed by atoms with van der Waals surface area (Å²) >= 11 is 0. The average Bonchev–Trinajstić information content (AvgIpc) is 3.25. The number of rotatable bonds is 8. The minimum atomic E-state index is -2.80. The van der Waals surface area contributed by atoms with Crippen molar-refractivity contribution in [3.8, 4) is 0 Å². The molecule has 0 aromatic carbocycles. The Balaban J connectivity index is 1.74. The number of hydrogen-bond acceptors (Lipinski definition) is 9. The summed E-state index contributed by atoms with van der Waals surface area (Å²) in [4.78, 5) is 0. The fourth-order valence-electron chi connectivity index (χ4n) is 3.71. The summed E-state index contributed by atoms with van der Waals surface area (Å²) in [7, 11) is -8.08. The van der Waals surface area contributed by atoms with E-state index in [1.165, 1.54) is 0 Å². The van der Waals surface area contributed by atoms with E-state index >= 15 is 0 Å². The van der Waals surface area contributed by atoms with Crippen molar-refractivity contribution in [3.05, 3.63) is 0 Å². The van der Waals surface area contributed by atoms with Gasteiger partial charge < -0.3 is 39.8 Å². The molecule has 0 saturated carbocycles. The molecule has 0 bridgehead atoms. The first-order valence-corrected chi connectivity index (χ1v) is 16.3. The van der Waals surface area contributed by atoms with E-state index < -0.39 is 26.4 Å². The summed E-state index contributed by atoms with van der Waals surface area (Å²) in [6.45, 7) is 13.9. The highest BCUT2D eigenvalue weighted by atomic mass is 28.4. The van der Waals surface area contributed by atoms with Gasteiger partial charge in [0.2, 0.25) is 0 Å². The molecule has 0 aromatic heterocycles. The van der Waals surface area contributed by atoms with E-state index in [4.69, 9.17) is 39.8 Å². The molecular weight excluding hydrogens is 408 g/mol. The fraction of sp³-hybridized carbons (Fsp3) is 1.00. The summed E-state index contributed by atoms with van der Waals surface area (Å²) in [6.07, 6.45) is -1.32. The molecule has 27 heavy (non-hydrogen) atoms. The van der Waals surface area contributed by atoms with Gasteiger partial charge in [0.15, 0.2) is 0 Å². The van der Waals surface area contributed by atoms with Gasteiger partial charge in [0.05, 0.1) is 25.4 Å². The molecule has 6 unspecified atom stereocenters. The lowest BCUT2D eigenvalue weighted by Gasteiger charge is -2.28. The molecule has 9 nitrogen and oxygen atoms in total. The third-order valence-corrected chi connectivity index (χ3v) is 11.4. The lowest BCUT2D eigenvalue weighted by molar-refractivity contribution is -0.0144. The molecule has 0 N–H and O–H groups in total. The highest BCUT2D eigenvalue weighted by Gasteiger charge is 2.61. The van der Waals surface area contributed by atoms with Crippen LogP contribution in [-0.4, -0.2) is 83.9 Å². The summed E-state index contributed by atoms with van der Waals surface area (Å²) in [5.41, 5.74) is 0. The molecule has 3 aliphatic rings. The van der Waals surface area contributed by atoms with Gasteiger partial charge in [-0.2, -0.15) is 0 Å². The van der Waals surface area contributed by atoms with Crippen molar-refractivity contribution in [2.75, 3.05) is 33.0 Å². The Morgan fingerprint density at radius 1 is 0.630 bits per heavy atom. The zero-order valence-electron chi connectivity index (χ0n) is 17.0. The van der Waals surface area contributed by atoms with Crippen molar-refractivity contribution in [2.45, 2.75) is 64.8 Å². The van der Waals surface area contributed by atoms with E-state index in [9.17, 15) is 0 Å². The molecule has 3 saturated heterocycles. The number of hydrogen-bond donors (Lipinski definition) is 0. The molecule has 3 heterocycles. The van der Waals surface area contributed by atoms with Crippen molar-refractivity contribution in [1.82, 2.24) is 0 Å². The van der Waals surface area contributed by atoms with Gasteiger partial charge in [-0.15, -0.1) is 0 Å². The van der Waals surface area contributed by atoms with Crippen LogP contribution < -0.4 is 0 Å². The van der Waals surface area contributed by atoms with Gasteiger partial charge in [-0.05, 0) is 20.8 Å².